The molecule has 1 heteroatoms. The molecule has 0 aliphatic carbocycles. The van der Waals surface area contributed by atoms with Crippen LogP contribution >= 0.6 is 8.58 Å². The lowest BCUT2D eigenvalue weighted by molar-refractivity contribution is 0.497. The van der Waals surface area contributed by atoms with Crippen molar-refractivity contribution in [2.24, 2.45) is 5.92 Å². The maximum Gasteiger partial charge on any atom is -0.0265 e. The standard InChI is InChI=1S/C16H35P/c1-5-8-10-11-12-15(4)17-14-16(7-3)13-9-6-2/h15-17H,5-14H2,1-4H3. The van der Waals surface area contributed by atoms with E-state index in [-0.39, 0.29) is 0 Å². The van der Waals surface area contributed by atoms with Gasteiger partial charge in [-0.2, -0.15) is 0 Å². The molecule has 0 bridgehead atoms. The molecule has 0 aliphatic rings. The quantitative estimate of drug-likeness (QED) is 0.287. The van der Waals surface area contributed by atoms with Crippen LogP contribution in [0, 0.1) is 5.92 Å². The maximum atomic E-state index is 2.47. The molecule has 0 fully saturated rings. The van der Waals surface area contributed by atoms with E-state index in [4.69, 9.17) is 0 Å². The van der Waals surface area contributed by atoms with Crippen LogP contribution < -0.4 is 0 Å². The van der Waals surface area contributed by atoms with Crippen molar-refractivity contribution in [3.8, 4) is 0 Å². The van der Waals surface area contributed by atoms with Gasteiger partial charge in [0.15, 0.2) is 0 Å². The van der Waals surface area contributed by atoms with Gasteiger partial charge in [0.1, 0.15) is 0 Å². The second kappa shape index (κ2) is 12.9. The van der Waals surface area contributed by atoms with Crippen molar-refractivity contribution in [2.45, 2.75) is 91.1 Å². The van der Waals surface area contributed by atoms with Crippen LogP contribution in [0.3, 0.4) is 0 Å². The summed E-state index contributed by atoms with van der Waals surface area (Å²) in [4.78, 5) is 0. The molecule has 0 aromatic heterocycles. The van der Waals surface area contributed by atoms with Crippen molar-refractivity contribution in [3.63, 3.8) is 0 Å². The van der Waals surface area contributed by atoms with Gasteiger partial charge in [0, 0.05) is 0 Å². The zero-order chi connectivity index (χ0) is 12.9. The van der Waals surface area contributed by atoms with E-state index in [2.05, 4.69) is 27.7 Å². The molecule has 0 spiro atoms. The molecule has 17 heavy (non-hydrogen) atoms. The number of unbranched alkanes of at least 4 members (excludes halogenated alkanes) is 4. The first-order valence-electron chi connectivity index (χ1n) is 7.97. The fourth-order valence-corrected chi connectivity index (χ4v) is 3.93. The molecular weight excluding hydrogens is 223 g/mol. The van der Waals surface area contributed by atoms with Crippen LogP contribution in [0.5, 0.6) is 0 Å². The first kappa shape index (κ1) is 17.4. The van der Waals surface area contributed by atoms with Crippen molar-refractivity contribution in [2.75, 3.05) is 6.16 Å². The molecule has 0 amide bonds. The van der Waals surface area contributed by atoms with Crippen LogP contribution in [-0.4, -0.2) is 11.8 Å². The highest BCUT2D eigenvalue weighted by molar-refractivity contribution is 7.38. The molecule has 0 saturated heterocycles. The summed E-state index contributed by atoms with van der Waals surface area (Å²) in [5, 5.41) is 0. The average Bonchev–Trinajstić information content (AvgIpc) is 2.35. The summed E-state index contributed by atoms with van der Waals surface area (Å²) in [5.41, 5.74) is 0.988. The van der Waals surface area contributed by atoms with E-state index < -0.39 is 0 Å². The number of hydrogen-bond acceptors (Lipinski definition) is 0. The van der Waals surface area contributed by atoms with E-state index >= 15 is 0 Å². The van der Waals surface area contributed by atoms with E-state index in [1.54, 1.807) is 0 Å². The summed E-state index contributed by atoms with van der Waals surface area (Å²) in [6.07, 6.45) is 14.4. The predicted octanol–water partition coefficient (Wildman–Crippen LogP) is 6.24. The Bertz CT molecular complexity index is 144. The van der Waals surface area contributed by atoms with Crippen LogP contribution in [0.4, 0.5) is 0 Å². The number of rotatable bonds is 12. The van der Waals surface area contributed by atoms with Crippen molar-refractivity contribution in [1.29, 1.82) is 0 Å². The third-order valence-electron chi connectivity index (χ3n) is 3.79. The van der Waals surface area contributed by atoms with Gasteiger partial charge in [0.25, 0.3) is 0 Å². The molecule has 0 aliphatic heterocycles. The van der Waals surface area contributed by atoms with E-state index in [9.17, 15) is 0 Å². The lowest BCUT2D eigenvalue weighted by atomic mass is 10.0. The number of hydrogen-bond donors (Lipinski definition) is 0. The zero-order valence-corrected chi connectivity index (χ0v) is 13.7. The highest BCUT2D eigenvalue weighted by Crippen LogP contribution is 2.29. The Morgan fingerprint density at radius 2 is 1.53 bits per heavy atom. The first-order chi connectivity index (χ1) is 8.24. The zero-order valence-electron chi connectivity index (χ0n) is 12.7. The van der Waals surface area contributed by atoms with E-state index in [0.29, 0.717) is 0 Å². The fraction of sp³-hybridized carbons (Fsp3) is 1.00. The lowest BCUT2D eigenvalue weighted by Gasteiger charge is -2.17. The minimum atomic E-state index is 0.988. The summed E-state index contributed by atoms with van der Waals surface area (Å²) < 4.78 is 0. The van der Waals surface area contributed by atoms with Crippen molar-refractivity contribution < 1.29 is 0 Å². The van der Waals surface area contributed by atoms with Gasteiger partial charge in [-0.25, -0.2) is 0 Å². The molecule has 0 nitrogen and oxygen atoms in total. The molecule has 0 radical (unpaired) electrons. The van der Waals surface area contributed by atoms with Crippen LogP contribution in [0.25, 0.3) is 0 Å². The van der Waals surface area contributed by atoms with Gasteiger partial charge < -0.3 is 0 Å². The smallest absolute Gasteiger partial charge is 0.0265 e. The molecule has 104 valence electrons. The molecule has 0 aromatic rings. The fourth-order valence-electron chi connectivity index (χ4n) is 2.29. The second-order valence-corrected chi connectivity index (χ2v) is 7.38. The van der Waals surface area contributed by atoms with E-state index in [0.717, 1.165) is 11.6 Å². The van der Waals surface area contributed by atoms with Gasteiger partial charge in [-0.3, -0.25) is 0 Å². The lowest BCUT2D eigenvalue weighted by Crippen LogP contribution is -2.05. The molecule has 3 unspecified atom stereocenters. The summed E-state index contributed by atoms with van der Waals surface area (Å²) in [7, 11) is 1.22. The monoisotopic (exact) mass is 258 g/mol. The predicted molar refractivity (Wildman–Crippen MR) is 84.7 cm³/mol. The van der Waals surface area contributed by atoms with Crippen molar-refractivity contribution in [3.05, 3.63) is 0 Å². The van der Waals surface area contributed by atoms with Gasteiger partial charge in [-0.05, 0) is 24.2 Å². The van der Waals surface area contributed by atoms with Gasteiger partial charge >= 0.3 is 0 Å². The SMILES string of the molecule is CCCCCCC(C)PCC(CC)CCCC. The normalized spacial score (nSPS) is 15.5. The minimum Gasteiger partial charge on any atom is -0.119 e. The summed E-state index contributed by atoms with van der Waals surface area (Å²) in [5.74, 6) is 1.02. The van der Waals surface area contributed by atoms with Crippen LogP contribution in [0.1, 0.15) is 85.5 Å². The largest absolute Gasteiger partial charge is 0.119 e. The second-order valence-electron chi connectivity index (χ2n) is 5.58. The Balaban J connectivity index is 3.48. The van der Waals surface area contributed by atoms with E-state index in [1.807, 2.05) is 0 Å². The Hall–Kier alpha value is 0.430. The Morgan fingerprint density at radius 1 is 0.824 bits per heavy atom. The minimum absolute atomic E-state index is 0.988. The Labute approximate surface area is 112 Å². The third-order valence-corrected chi connectivity index (χ3v) is 5.59. The summed E-state index contributed by atoms with van der Waals surface area (Å²) in [6, 6.07) is 0. The van der Waals surface area contributed by atoms with Crippen LogP contribution in [0.15, 0.2) is 0 Å². The third kappa shape index (κ3) is 11.3. The molecule has 3 atom stereocenters. The van der Waals surface area contributed by atoms with Crippen LogP contribution in [-0.2, 0) is 0 Å². The topological polar surface area (TPSA) is 0 Å². The molecule has 0 aromatic carbocycles. The van der Waals surface area contributed by atoms with Crippen LogP contribution in [0.2, 0.25) is 0 Å². The highest BCUT2D eigenvalue weighted by atomic mass is 31.1. The van der Waals surface area contributed by atoms with Gasteiger partial charge in [0.2, 0.25) is 0 Å². The molecule has 0 saturated carbocycles. The average molecular weight is 258 g/mol. The molecule has 0 heterocycles. The first-order valence-corrected chi connectivity index (χ1v) is 9.26. The van der Waals surface area contributed by atoms with E-state index in [1.165, 1.54) is 72.5 Å². The van der Waals surface area contributed by atoms with Crippen molar-refractivity contribution >= 4 is 8.58 Å². The maximum absolute atomic E-state index is 2.47. The molecule has 0 rings (SSSR count). The van der Waals surface area contributed by atoms with Crippen molar-refractivity contribution in [1.82, 2.24) is 0 Å². The summed E-state index contributed by atoms with van der Waals surface area (Å²) >= 11 is 0. The Morgan fingerprint density at radius 3 is 2.12 bits per heavy atom. The molecular formula is C16H35P. The molecule has 0 N–H and O–H groups in total. The van der Waals surface area contributed by atoms with Gasteiger partial charge in [-0.1, -0.05) is 79.1 Å². The Kier molecular flexibility index (Phi) is 13.2. The van der Waals surface area contributed by atoms with Gasteiger partial charge in [-0.15, -0.1) is 8.58 Å². The van der Waals surface area contributed by atoms with Gasteiger partial charge in [0.05, 0.1) is 0 Å². The highest BCUT2D eigenvalue weighted by Gasteiger charge is 2.08. The summed E-state index contributed by atoms with van der Waals surface area (Å²) in [6.45, 7) is 9.45.